The first-order valence-corrected chi connectivity index (χ1v) is 11.5. The van der Waals surface area contributed by atoms with Gasteiger partial charge in [-0.3, -0.25) is 9.78 Å². The van der Waals surface area contributed by atoms with Gasteiger partial charge in [-0.25, -0.2) is 4.39 Å². The Hall–Kier alpha value is -4.39. The summed E-state index contributed by atoms with van der Waals surface area (Å²) in [7, 11) is 1.95. The van der Waals surface area contributed by atoms with Crippen molar-refractivity contribution in [2.24, 2.45) is 0 Å². The summed E-state index contributed by atoms with van der Waals surface area (Å²) in [6.45, 7) is 3.12. The molecule has 3 aliphatic heterocycles. The number of nitrogens with one attached hydrogen (secondary N) is 2. The lowest BCUT2D eigenvalue weighted by atomic mass is 10.0. The summed E-state index contributed by atoms with van der Waals surface area (Å²) in [5.41, 5.74) is 6.84. The predicted molar refractivity (Wildman–Crippen MR) is 138 cm³/mol. The Morgan fingerprint density at radius 3 is 2.71 bits per heavy atom. The van der Waals surface area contributed by atoms with E-state index in [-0.39, 0.29) is 11.4 Å². The van der Waals surface area contributed by atoms with Crippen molar-refractivity contribution in [1.82, 2.24) is 15.3 Å². The number of anilines is 3. The third-order valence-corrected chi connectivity index (χ3v) is 6.57. The summed E-state index contributed by atoms with van der Waals surface area (Å²) in [5, 5.41) is 5.26. The van der Waals surface area contributed by atoms with Crippen LogP contribution in [0.1, 0.15) is 11.4 Å². The molecule has 0 fully saturated rings. The highest BCUT2D eigenvalue weighted by molar-refractivity contribution is 5.93. The van der Waals surface area contributed by atoms with Crippen molar-refractivity contribution in [3.63, 3.8) is 0 Å². The molecule has 1 aromatic carbocycles. The van der Waals surface area contributed by atoms with Gasteiger partial charge in [0.25, 0.3) is 5.56 Å². The lowest BCUT2D eigenvalue weighted by Gasteiger charge is -2.27. The highest BCUT2D eigenvalue weighted by Crippen LogP contribution is 2.37. The van der Waals surface area contributed by atoms with Crippen LogP contribution in [0.5, 0.6) is 0 Å². The Morgan fingerprint density at radius 2 is 1.91 bits per heavy atom. The Labute approximate surface area is 201 Å². The quantitative estimate of drug-likeness (QED) is 0.485. The Kier molecular flexibility index (Phi) is 4.91. The van der Waals surface area contributed by atoms with Crippen LogP contribution < -0.4 is 31.2 Å². The van der Waals surface area contributed by atoms with Gasteiger partial charge in [-0.15, -0.1) is 0 Å². The molecule has 0 saturated carbocycles. The maximum atomic E-state index is 13.6. The molecule has 0 amide bonds. The number of benzene rings is 1. The first kappa shape index (κ1) is 21.2. The number of nitrogens with zero attached hydrogens (tertiary/aromatic N) is 3. The monoisotopic (exact) mass is 465 g/mol. The number of aromatic nitrogens is 2. The molecule has 0 unspecified atom stereocenters. The highest BCUT2D eigenvalue weighted by atomic mass is 19.1. The van der Waals surface area contributed by atoms with Crippen molar-refractivity contribution in [2.75, 3.05) is 23.4 Å². The van der Waals surface area contributed by atoms with Crippen LogP contribution in [0.3, 0.4) is 0 Å². The minimum absolute atomic E-state index is 0.122. The molecule has 4 aliphatic rings. The predicted octanol–water partition coefficient (Wildman–Crippen LogP) is 3.12. The van der Waals surface area contributed by atoms with E-state index >= 15 is 0 Å². The summed E-state index contributed by atoms with van der Waals surface area (Å²) in [6.07, 6.45) is 6.00. The fraction of sp³-hybridized carbons (Fsp3) is 0.143. The number of halogens is 1. The zero-order valence-electron chi connectivity index (χ0n) is 19.5. The summed E-state index contributed by atoms with van der Waals surface area (Å²) < 4.78 is 13.6. The summed E-state index contributed by atoms with van der Waals surface area (Å²) in [5.74, 6) is -0.278. The molecule has 0 radical (unpaired) electrons. The molecule has 0 spiro atoms. The number of pyridine rings is 1. The van der Waals surface area contributed by atoms with E-state index in [1.54, 1.807) is 12.1 Å². The van der Waals surface area contributed by atoms with Crippen LogP contribution in [-0.2, 0) is 6.54 Å². The lowest BCUT2D eigenvalue weighted by molar-refractivity contribution is 0.628. The van der Waals surface area contributed by atoms with E-state index in [0.717, 1.165) is 50.3 Å². The molecule has 0 bridgehead atoms. The van der Waals surface area contributed by atoms with Crippen molar-refractivity contribution >= 4 is 28.8 Å². The van der Waals surface area contributed by atoms with Crippen molar-refractivity contribution in [3.8, 4) is 11.1 Å². The molecule has 6 nitrogen and oxygen atoms in total. The standard InChI is InChI=1S/C28H24FN5O/c1-17-4-3-5-19(31-17)16-30-22-12-14-33(2)27-21(22)10-11-24-25-23(32-28(35)26(25)27)13-15-34(24)20-8-6-18(29)7-9-20/h3-14,30H,15-16H2,1-2H3,(H,32,35). The molecule has 2 N–H and O–H groups in total. The van der Waals surface area contributed by atoms with E-state index in [1.807, 2.05) is 61.5 Å². The molecule has 6 rings (SSSR count). The van der Waals surface area contributed by atoms with Gasteiger partial charge >= 0.3 is 0 Å². The van der Waals surface area contributed by atoms with Crippen LogP contribution in [0.2, 0.25) is 0 Å². The van der Waals surface area contributed by atoms with Crippen LogP contribution in [0, 0.1) is 12.7 Å². The summed E-state index contributed by atoms with van der Waals surface area (Å²) in [4.78, 5) is 25.0. The second-order valence-electron chi connectivity index (χ2n) is 8.85. The fourth-order valence-electron chi connectivity index (χ4n) is 4.94. The number of aromatic amines is 1. The van der Waals surface area contributed by atoms with Crippen LogP contribution in [0.25, 0.3) is 22.9 Å². The number of hydrogen-bond donors (Lipinski definition) is 2. The molecule has 7 heteroatoms. The van der Waals surface area contributed by atoms with Gasteiger partial charge in [0, 0.05) is 53.0 Å². The topological polar surface area (TPSA) is 64.3 Å². The SMILES string of the molecule is Cc1cccc(CNC2=c3ccc4c5c([nH]c(=O)c-5c3N(C)C=C2)=CCN4c2ccc(F)cc2)n1. The van der Waals surface area contributed by atoms with Gasteiger partial charge in [0.05, 0.1) is 29.2 Å². The van der Waals surface area contributed by atoms with Crippen LogP contribution in [-0.4, -0.2) is 23.6 Å². The van der Waals surface area contributed by atoms with E-state index < -0.39 is 0 Å². The Morgan fingerprint density at radius 1 is 1.09 bits per heavy atom. The second kappa shape index (κ2) is 8.13. The van der Waals surface area contributed by atoms with Crippen molar-refractivity contribution in [1.29, 1.82) is 0 Å². The van der Waals surface area contributed by atoms with Crippen LogP contribution in [0.4, 0.5) is 21.5 Å². The van der Waals surface area contributed by atoms with Gasteiger partial charge in [0.15, 0.2) is 0 Å². The Bertz CT molecular complexity index is 1640. The smallest absolute Gasteiger partial charge is 0.258 e. The average Bonchev–Trinajstić information content (AvgIpc) is 3.06. The molecule has 1 aliphatic carbocycles. The van der Waals surface area contributed by atoms with E-state index in [9.17, 15) is 9.18 Å². The zero-order chi connectivity index (χ0) is 24.1. The second-order valence-corrected chi connectivity index (χ2v) is 8.85. The van der Waals surface area contributed by atoms with E-state index in [1.165, 1.54) is 12.1 Å². The molecule has 0 saturated heterocycles. The number of fused-ring (bicyclic) bond motifs is 2. The van der Waals surface area contributed by atoms with Gasteiger partial charge in [-0.1, -0.05) is 6.07 Å². The van der Waals surface area contributed by atoms with Crippen molar-refractivity contribution < 1.29 is 4.39 Å². The summed E-state index contributed by atoms with van der Waals surface area (Å²) >= 11 is 0. The average molecular weight is 466 g/mol. The number of H-pyrrole nitrogens is 1. The van der Waals surface area contributed by atoms with Gasteiger partial charge in [-0.2, -0.15) is 0 Å². The van der Waals surface area contributed by atoms with E-state index in [0.29, 0.717) is 18.7 Å². The molecule has 4 heterocycles. The molecular weight excluding hydrogens is 441 g/mol. The lowest BCUT2D eigenvalue weighted by Crippen LogP contribution is -2.29. The summed E-state index contributed by atoms with van der Waals surface area (Å²) in [6, 6.07) is 16.5. The zero-order valence-corrected chi connectivity index (χ0v) is 19.5. The number of rotatable bonds is 4. The first-order valence-electron chi connectivity index (χ1n) is 11.5. The van der Waals surface area contributed by atoms with Gasteiger partial charge in [-0.05, 0) is 67.6 Å². The van der Waals surface area contributed by atoms with E-state index in [4.69, 9.17) is 0 Å². The third-order valence-electron chi connectivity index (χ3n) is 6.57. The van der Waals surface area contributed by atoms with Crippen molar-refractivity contribution in [2.45, 2.75) is 13.5 Å². The highest BCUT2D eigenvalue weighted by Gasteiger charge is 2.28. The van der Waals surface area contributed by atoms with E-state index in [2.05, 4.69) is 26.3 Å². The molecule has 174 valence electrons. The normalized spacial score (nSPS) is 14.2. The largest absolute Gasteiger partial charge is 0.379 e. The van der Waals surface area contributed by atoms with Crippen molar-refractivity contribution in [3.05, 3.63) is 105 Å². The molecule has 35 heavy (non-hydrogen) atoms. The first-order chi connectivity index (χ1) is 17.0. The fourth-order valence-corrected chi connectivity index (χ4v) is 4.94. The minimum atomic E-state index is -0.278. The molecule has 1 aromatic heterocycles. The Balaban J connectivity index is 1.54. The third kappa shape index (κ3) is 3.56. The maximum absolute atomic E-state index is 13.6. The van der Waals surface area contributed by atoms with Crippen LogP contribution in [0.15, 0.2) is 71.7 Å². The molecule has 2 aromatic rings. The van der Waals surface area contributed by atoms with Crippen LogP contribution >= 0.6 is 0 Å². The van der Waals surface area contributed by atoms with Gasteiger partial charge < -0.3 is 20.1 Å². The van der Waals surface area contributed by atoms with Gasteiger partial charge in [0.1, 0.15) is 5.82 Å². The molecular formula is C28H24FN5O. The number of hydrogen-bond acceptors (Lipinski definition) is 5. The minimum Gasteiger partial charge on any atom is -0.379 e. The van der Waals surface area contributed by atoms with Gasteiger partial charge in [0.2, 0.25) is 0 Å². The number of aryl methyl sites for hydroxylation is 1. The maximum Gasteiger partial charge on any atom is 0.258 e. The molecule has 0 atom stereocenters.